The molecule has 3 heterocycles. The summed E-state index contributed by atoms with van der Waals surface area (Å²) in [4.78, 5) is 39.1. The Morgan fingerprint density at radius 3 is 2.47 bits per heavy atom. The molecule has 0 radical (unpaired) electrons. The molecule has 1 atom stereocenters. The van der Waals surface area contributed by atoms with Gasteiger partial charge in [-0.3, -0.25) is 14.5 Å². The number of rotatable bonds is 14. The van der Waals surface area contributed by atoms with Gasteiger partial charge in [0.25, 0.3) is 5.91 Å². The Balaban J connectivity index is 1.13. The number of hydrogen-bond donors (Lipinski definition) is 4. The number of nitrogens with zero attached hydrogens (tertiary/aromatic N) is 1. The molecule has 57 heavy (non-hydrogen) atoms. The second-order valence-electron chi connectivity index (χ2n) is 14.9. The van der Waals surface area contributed by atoms with Crippen molar-refractivity contribution in [3.05, 3.63) is 52.4 Å². The van der Waals surface area contributed by atoms with Gasteiger partial charge in [-0.2, -0.15) is 22.0 Å². The van der Waals surface area contributed by atoms with Crippen LogP contribution in [-0.2, 0) is 25.5 Å². The lowest BCUT2D eigenvalue weighted by molar-refractivity contribution is -0.143. The third-order valence-electron chi connectivity index (χ3n) is 10.9. The van der Waals surface area contributed by atoms with Crippen LogP contribution < -0.4 is 26.4 Å². The van der Waals surface area contributed by atoms with Crippen molar-refractivity contribution in [2.24, 2.45) is 11.1 Å². The lowest BCUT2D eigenvalue weighted by atomic mass is 9.71. The van der Waals surface area contributed by atoms with Gasteiger partial charge in [0.1, 0.15) is 11.8 Å². The van der Waals surface area contributed by atoms with E-state index in [4.69, 9.17) is 10.5 Å². The first-order chi connectivity index (χ1) is 27.2. The summed E-state index contributed by atoms with van der Waals surface area (Å²) >= 11 is 1.18. The quantitative estimate of drug-likeness (QED) is 0.0821. The average molecular weight is 820 g/mol. The fourth-order valence-electron chi connectivity index (χ4n) is 7.95. The van der Waals surface area contributed by atoms with Crippen molar-refractivity contribution >= 4 is 50.6 Å². The van der Waals surface area contributed by atoms with E-state index in [1.165, 1.54) is 23.5 Å². The van der Waals surface area contributed by atoms with Crippen molar-refractivity contribution in [2.45, 2.75) is 88.7 Å². The number of nitrogens with one attached hydrogen (secondary N) is 3. The smallest absolute Gasteiger partial charge is 0.393 e. The number of carbonyl (C=O) groups is 3. The van der Waals surface area contributed by atoms with E-state index in [9.17, 15) is 36.3 Å². The van der Waals surface area contributed by atoms with E-state index in [1.54, 1.807) is 12.1 Å². The number of alkyl halides is 5. The Bertz CT molecular complexity index is 1980. The number of halogens is 5. The number of thiophene rings is 1. The molecule has 17 heteroatoms. The van der Waals surface area contributed by atoms with Crippen LogP contribution in [0.1, 0.15) is 72.2 Å². The molecule has 5 N–H and O–H groups in total. The fraction of sp³-hybridized carbons (Fsp3) is 0.525. The number of esters is 1. The van der Waals surface area contributed by atoms with Gasteiger partial charge in [-0.05, 0) is 80.2 Å². The highest BCUT2D eigenvalue weighted by Gasteiger charge is 2.46. The minimum Gasteiger partial charge on any atom is -0.467 e. The number of fused-ring (bicyclic) bond motifs is 1. The van der Waals surface area contributed by atoms with E-state index in [0.29, 0.717) is 21.5 Å². The Labute approximate surface area is 331 Å². The van der Waals surface area contributed by atoms with Gasteiger partial charge in [-0.1, -0.05) is 24.0 Å². The van der Waals surface area contributed by atoms with Crippen molar-refractivity contribution in [1.82, 2.24) is 10.2 Å². The second kappa shape index (κ2) is 18.3. The molecule has 2 aromatic carbocycles. The molecule has 3 aliphatic rings. The van der Waals surface area contributed by atoms with Gasteiger partial charge in [0.2, 0.25) is 5.91 Å². The Kier molecular flexibility index (Phi) is 13.5. The first-order valence-electron chi connectivity index (χ1n) is 18.9. The number of amides is 2. The maximum absolute atomic E-state index is 13.9. The van der Waals surface area contributed by atoms with Crippen molar-refractivity contribution in [2.75, 3.05) is 50.6 Å². The zero-order valence-corrected chi connectivity index (χ0v) is 32.3. The van der Waals surface area contributed by atoms with Gasteiger partial charge in [0, 0.05) is 55.8 Å². The monoisotopic (exact) mass is 819 g/mol. The predicted octanol–water partition coefficient (Wildman–Crippen LogP) is 6.44. The minimum absolute atomic E-state index is 0.0321. The Hall–Kier alpha value is -4.66. The molecule has 2 amide bonds. The highest BCUT2D eigenvalue weighted by molar-refractivity contribution is 7.20. The molecule has 1 saturated carbocycles. The summed E-state index contributed by atoms with van der Waals surface area (Å²) in [5.41, 5.74) is 6.29. The molecule has 6 rings (SSSR count). The molecule has 2 aliphatic heterocycles. The van der Waals surface area contributed by atoms with E-state index < -0.39 is 48.8 Å². The van der Waals surface area contributed by atoms with Crippen molar-refractivity contribution in [3.63, 3.8) is 0 Å². The van der Waals surface area contributed by atoms with Gasteiger partial charge in [0.15, 0.2) is 0 Å². The summed E-state index contributed by atoms with van der Waals surface area (Å²) in [5.74, 6) is 2.89. The number of benzene rings is 2. The maximum atomic E-state index is 13.9. The highest BCUT2D eigenvalue weighted by Crippen LogP contribution is 2.44. The van der Waals surface area contributed by atoms with Crippen molar-refractivity contribution in [1.29, 1.82) is 0 Å². The van der Waals surface area contributed by atoms with Crippen LogP contribution in [0.3, 0.4) is 0 Å². The summed E-state index contributed by atoms with van der Waals surface area (Å²) < 4.78 is 83.9. The van der Waals surface area contributed by atoms with Crippen LogP contribution in [-0.4, -0.2) is 93.6 Å². The molecular weight excluding hydrogens is 774 g/mol. The highest BCUT2D eigenvalue weighted by atomic mass is 32.1. The molecule has 308 valence electrons. The van der Waals surface area contributed by atoms with Gasteiger partial charge in [0.05, 0.1) is 41.0 Å². The third kappa shape index (κ3) is 10.8. The third-order valence-corrected chi connectivity index (χ3v) is 12.1. The first kappa shape index (κ1) is 42.0. The van der Waals surface area contributed by atoms with Crippen LogP contribution in [0.15, 0.2) is 36.4 Å². The fourth-order valence-corrected chi connectivity index (χ4v) is 9.12. The number of anilines is 2. The summed E-state index contributed by atoms with van der Waals surface area (Å²) in [5, 5.41) is 9.32. The molecule has 1 aromatic heterocycles. The van der Waals surface area contributed by atoms with Crippen LogP contribution in [0.5, 0.6) is 5.75 Å². The predicted molar refractivity (Wildman–Crippen MR) is 205 cm³/mol. The topological polar surface area (TPSA) is 144 Å². The van der Waals surface area contributed by atoms with Gasteiger partial charge >= 0.3 is 18.8 Å². The van der Waals surface area contributed by atoms with Crippen LogP contribution in [0.4, 0.5) is 33.3 Å². The molecule has 1 aliphatic carbocycles. The van der Waals surface area contributed by atoms with E-state index >= 15 is 0 Å². The molecule has 0 bridgehead atoms. The SMILES string of the molecule is COC(=O)C(CCC(N)=O)NC(=O)c1ccc(NCC#Cc2sc3c(NC4CCC(N5CC6(CCOCC6)C5)CC4)cccc3c2CC(F)(F)F)c(OC(F)F)c1. The van der Waals surface area contributed by atoms with Crippen LogP contribution in [0.25, 0.3) is 10.1 Å². The zero-order valence-electron chi connectivity index (χ0n) is 31.4. The molecular formula is C40H46F5N5O6S. The molecule has 11 nitrogen and oxygen atoms in total. The van der Waals surface area contributed by atoms with Crippen LogP contribution in [0, 0.1) is 17.3 Å². The van der Waals surface area contributed by atoms with Crippen molar-refractivity contribution in [3.8, 4) is 17.6 Å². The van der Waals surface area contributed by atoms with Gasteiger partial charge in [-0.15, -0.1) is 11.3 Å². The molecule has 3 aromatic rings. The Morgan fingerprint density at radius 1 is 1.07 bits per heavy atom. The number of nitrogens with two attached hydrogens (primary N) is 1. The largest absolute Gasteiger partial charge is 0.467 e. The second-order valence-corrected chi connectivity index (χ2v) is 15.9. The van der Waals surface area contributed by atoms with Gasteiger partial charge < -0.3 is 35.9 Å². The van der Waals surface area contributed by atoms with E-state index in [0.717, 1.165) is 83.7 Å². The van der Waals surface area contributed by atoms with E-state index in [-0.39, 0.29) is 47.1 Å². The normalized spacial score (nSPS) is 19.9. The number of likely N-dealkylation sites (tertiary alicyclic amines) is 1. The number of ether oxygens (including phenoxy) is 3. The number of carbonyl (C=O) groups excluding carboxylic acids is 3. The summed E-state index contributed by atoms with van der Waals surface area (Å²) in [6.07, 6.45) is 0.261. The zero-order chi connectivity index (χ0) is 40.7. The summed E-state index contributed by atoms with van der Waals surface area (Å²) in [7, 11) is 1.10. The molecule has 3 fully saturated rings. The molecule has 1 spiro atoms. The standard InChI is InChI=1S/C40H46F5N5O6S/c1-54-37(53)31(13-14-34(46)51)49-36(52)24-7-12-29(32(20-24)56-38(41)42)47-17-3-6-33-28(21-40(43,44)45)27-4-2-5-30(35(27)57-33)48-25-8-10-26(11-9-25)50-22-39(23-50)15-18-55-19-16-39/h2,4-5,7,12,20,25-26,31,38,47-48H,8-11,13-19,21-23H2,1H3,(H2,46,51)(H,49,52). The van der Waals surface area contributed by atoms with Crippen LogP contribution in [0.2, 0.25) is 0 Å². The molecule has 2 saturated heterocycles. The van der Waals surface area contributed by atoms with Crippen molar-refractivity contribution < 1.29 is 50.5 Å². The van der Waals surface area contributed by atoms with Crippen LogP contribution >= 0.6 is 11.3 Å². The summed E-state index contributed by atoms with van der Waals surface area (Å²) in [6, 6.07) is 8.42. The number of methoxy groups -OCH3 is 1. The van der Waals surface area contributed by atoms with Gasteiger partial charge in [-0.25, -0.2) is 4.79 Å². The number of primary amides is 1. The lowest BCUT2D eigenvalue weighted by Crippen LogP contribution is -2.62. The minimum atomic E-state index is -4.49. The summed E-state index contributed by atoms with van der Waals surface area (Å²) in [6.45, 7) is 0.524. The average Bonchev–Trinajstić information content (AvgIpc) is 3.50. The van der Waals surface area contributed by atoms with E-state index in [1.807, 2.05) is 6.07 Å². The Morgan fingerprint density at radius 2 is 1.81 bits per heavy atom. The first-order valence-corrected chi connectivity index (χ1v) is 19.7. The number of hydrogen-bond acceptors (Lipinski definition) is 10. The van der Waals surface area contributed by atoms with E-state index in [2.05, 4.69) is 42.2 Å². The molecule has 1 unspecified atom stereocenters. The lowest BCUT2D eigenvalue weighted by Gasteiger charge is -2.56. The maximum Gasteiger partial charge on any atom is 0.393 e.